The van der Waals surface area contributed by atoms with Crippen LogP contribution >= 0.6 is 0 Å². The van der Waals surface area contributed by atoms with Gasteiger partial charge in [0.05, 0.1) is 18.0 Å². The van der Waals surface area contributed by atoms with Gasteiger partial charge in [0.15, 0.2) is 0 Å². The molecule has 1 aromatic rings. The summed E-state index contributed by atoms with van der Waals surface area (Å²) in [5.74, 6) is 0.789. The van der Waals surface area contributed by atoms with E-state index in [1.807, 2.05) is 11.8 Å². The maximum atomic E-state index is 12.8. The Bertz CT molecular complexity index is 721. The van der Waals surface area contributed by atoms with Crippen LogP contribution in [0.1, 0.15) is 19.8 Å². The number of likely N-dealkylation sites (tertiary alicyclic amines) is 1. The average molecular weight is 381 g/mol. The monoisotopic (exact) mass is 381 g/mol. The summed E-state index contributed by atoms with van der Waals surface area (Å²) in [6.07, 6.45) is 2.15. The summed E-state index contributed by atoms with van der Waals surface area (Å²) in [6.45, 7) is 5.53. The van der Waals surface area contributed by atoms with Crippen molar-refractivity contribution in [2.75, 3.05) is 46.4 Å². The van der Waals surface area contributed by atoms with E-state index in [1.165, 1.54) is 4.31 Å². The van der Waals surface area contributed by atoms with E-state index in [1.54, 1.807) is 31.4 Å². The van der Waals surface area contributed by atoms with Gasteiger partial charge in [0, 0.05) is 39.3 Å². The fraction of sp³-hybridized carbons (Fsp3) is 0.611. The molecular formula is C18H27N3O4S. The Morgan fingerprint density at radius 3 is 2.12 bits per heavy atom. The van der Waals surface area contributed by atoms with E-state index in [-0.39, 0.29) is 16.8 Å². The van der Waals surface area contributed by atoms with Crippen molar-refractivity contribution >= 4 is 15.9 Å². The topological polar surface area (TPSA) is 70.2 Å². The molecular weight excluding hydrogens is 354 g/mol. The van der Waals surface area contributed by atoms with Gasteiger partial charge in [0.2, 0.25) is 15.9 Å². The van der Waals surface area contributed by atoms with Crippen LogP contribution in [0.4, 0.5) is 0 Å². The summed E-state index contributed by atoms with van der Waals surface area (Å²) in [6, 6.07) is 6.25. The number of rotatable bonds is 5. The van der Waals surface area contributed by atoms with E-state index in [4.69, 9.17) is 4.74 Å². The van der Waals surface area contributed by atoms with Crippen molar-refractivity contribution in [3.05, 3.63) is 24.3 Å². The second-order valence-corrected chi connectivity index (χ2v) is 8.76. The van der Waals surface area contributed by atoms with Gasteiger partial charge < -0.3 is 9.64 Å². The SMILES string of the molecule is COc1ccc(S(=O)(=O)N2CCN([C@H](C)C(=O)N3CCCC3)CC2)cc1. The quantitative estimate of drug-likeness (QED) is 0.761. The smallest absolute Gasteiger partial charge is 0.243 e. The predicted molar refractivity (Wildman–Crippen MR) is 98.6 cm³/mol. The van der Waals surface area contributed by atoms with Crippen LogP contribution in [0.15, 0.2) is 29.2 Å². The lowest BCUT2D eigenvalue weighted by Gasteiger charge is -2.37. The number of carbonyl (C=O) groups excluding carboxylic acids is 1. The summed E-state index contributed by atoms with van der Waals surface area (Å²) in [5, 5.41) is 0. The van der Waals surface area contributed by atoms with Crippen LogP contribution in [0, 0.1) is 0 Å². The molecule has 2 saturated heterocycles. The van der Waals surface area contributed by atoms with Gasteiger partial charge in [-0.2, -0.15) is 4.31 Å². The highest BCUT2D eigenvalue weighted by Crippen LogP contribution is 2.21. The molecule has 1 atom stereocenters. The third-order valence-corrected chi connectivity index (χ3v) is 7.21. The first-order valence-electron chi connectivity index (χ1n) is 9.10. The highest BCUT2D eigenvalue weighted by molar-refractivity contribution is 7.89. The van der Waals surface area contributed by atoms with Crippen LogP contribution in [0.5, 0.6) is 5.75 Å². The second-order valence-electron chi connectivity index (χ2n) is 6.82. The lowest BCUT2D eigenvalue weighted by Crippen LogP contribution is -2.55. The zero-order chi connectivity index (χ0) is 18.7. The molecule has 3 rings (SSSR count). The number of hydrogen-bond acceptors (Lipinski definition) is 5. The number of benzene rings is 1. The molecule has 26 heavy (non-hydrogen) atoms. The van der Waals surface area contributed by atoms with Gasteiger partial charge in [0.25, 0.3) is 0 Å². The molecule has 7 nitrogen and oxygen atoms in total. The number of piperazine rings is 1. The molecule has 0 aromatic heterocycles. The maximum Gasteiger partial charge on any atom is 0.243 e. The molecule has 1 amide bonds. The number of methoxy groups -OCH3 is 1. The largest absolute Gasteiger partial charge is 0.497 e. The Morgan fingerprint density at radius 1 is 1.00 bits per heavy atom. The van der Waals surface area contributed by atoms with E-state index >= 15 is 0 Å². The Morgan fingerprint density at radius 2 is 1.58 bits per heavy atom. The van der Waals surface area contributed by atoms with E-state index in [0.717, 1.165) is 25.9 Å². The predicted octanol–water partition coefficient (Wildman–Crippen LogP) is 1.01. The van der Waals surface area contributed by atoms with Gasteiger partial charge in [-0.15, -0.1) is 0 Å². The minimum absolute atomic E-state index is 0.161. The van der Waals surface area contributed by atoms with E-state index in [0.29, 0.717) is 31.9 Å². The molecule has 1 aromatic carbocycles. The number of sulfonamides is 1. The molecule has 144 valence electrons. The molecule has 8 heteroatoms. The van der Waals surface area contributed by atoms with Crippen LogP contribution in [0.2, 0.25) is 0 Å². The van der Waals surface area contributed by atoms with Gasteiger partial charge >= 0.3 is 0 Å². The molecule has 0 saturated carbocycles. The summed E-state index contributed by atoms with van der Waals surface area (Å²) in [7, 11) is -1.97. The van der Waals surface area contributed by atoms with Gasteiger partial charge in [-0.25, -0.2) is 8.42 Å². The van der Waals surface area contributed by atoms with Crippen LogP contribution in [-0.4, -0.2) is 80.9 Å². The number of nitrogens with zero attached hydrogens (tertiary/aromatic N) is 3. The fourth-order valence-corrected chi connectivity index (χ4v) is 5.01. The number of carbonyl (C=O) groups is 1. The van der Waals surface area contributed by atoms with Crippen LogP contribution in [0.25, 0.3) is 0 Å². The Labute approximate surface area is 155 Å². The minimum atomic E-state index is -3.52. The van der Waals surface area contributed by atoms with Crippen molar-refractivity contribution in [2.24, 2.45) is 0 Å². The zero-order valence-electron chi connectivity index (χ0n) is 15.4. The highest BCUT2D eigenvalue weighted by atomic mass is 32.2. The Kier molecular flexibility index (Phi) is 5.84. The molecule has 2 aliphatic rings. The molecule has 0 spiro atoms. The summed E-state index contributed by atoms with van der Waals surface area (Å²) in [4.78, 5) is 16.8. The molecule has 2 fully saturated rings. The van der Waals surface area contributed by atoms with Crippen molar-refractivity contribution in [3.8, 4) is 5.75 Å². The highest BCUT2D eigenvalue weighted by Gasteiger charge is 2.33. The normalized spacial score (nSPS) is 20.9. The fourth-order valence-electron chi connectivity index (χ4n) is 3.59. The second kappa shape index (κ2) is 7.94. The maximum absolute atomic E-state index is 12.8. The summed E-state index contributed by atoms with van der Waals surface area (Å²) < 4.78 is 32.2. The molecule has 0 aliphatic carbocycles. The molecule has 0 unspecified atom stereocenters. The van der Waals surface area contributed by atoms with E-state index in [2.05, 4.69) is 4.90 Å². The first-order chi connectivity index (χ1) is 12.4. The number of ether oxygens (including phenoxy) is 1. The lowest BCUT2D eigenvalue weighted by atomic mass is 10.2. The number of amides is 1. The van der Waals surface area contributed by atoms with Gasteiger partial charge in [-0.1, -0.05) is 0 Å². The number of hydrogen-bond donors (Lipinski definition) is 0. The van der Waals surface area contributed by atoms with Crippen molar-refractivity contribution < 1.29 is 17.9 Å². The molecule has 0 N–H and O–H groups in total. The Balaban J connectivity index is 1.60. The Hall–Kier alpha value is -1.64. The molecule has 2 aliphatic heterocycles. The first kappa shape index (κ1) is 19.1. The van der Waals surface area contributed by atoms with Crippen molar-refractivity contribution in [1.82, 2.24) is 14.1 Å². The van der Waals surface area contributed by atoms with E-state index < -0.39 is 10.0 Å². The van der Waals surface area contributed by atoms with Crippen LogP contribution in [-0.2, 0) is 14.8 Å². The van der Waals surface area contributed by atoms with Crippen molar-refractivity contribution in [1.29, 1.82) is 0 Å². The van der Waals surface area contributed by atoms with Crippen LogP contribution in [0.3, 0.4) is 0 Å². The third-order valence-electron chi connectivity index (χ3n) is 5.29. The average Bonchev–Trinajstić information content (AvgIpc) is 3.21. The summed E-state index contributed by atoms with van der Waals surface area (Å²) in [5.41, 5.74) is 0. The third kappa shape index (κ3) is 3.87. The van der Waals surface area contributed by atoms with E-state index in [9.17, 15) is 13.2 Å². The van der Waals surface area contributed by atoms with Gasteiger partial charge in [0.1, 0.15) is 5.75 Å². The van der Waals surface area contributed by atoms with Crippen molar-refractivity contribution in [3.63, 3.8) is 0 Å². The molecule has 0 radical (unpaired) electrons. The van der Waals surface area contributed by atoms with Crippen molar-refractivity contribution in [2.45, 2.75) is 30.7 Å². The molecule has 0 bridgehead atoms. The minimum Gasteiger partial charge on any atom is -0.497 e. The van der Waals surface area contributed by atoms with Gasteiger partial charge in [-0.05, 0) is 44.0 Å². The molecule has 2 heterocycles. The first-order valence-corrected chi connectivity index (χ1v) is 10.5. The van der Waals surface area contributed by atoms with Crippen LogP contribution < -0.4 is 4.74 Å². The lowest BCUT2D eigenvalue weighted by molar-refractivity contribution is -0.135. The zero-order valence-corrected chi connectivity index (χ0v) is 16.2. The van der Waals surface area contributed by atoms with Gasteiger partial charge in [-0.3, -0.25) is 9.69 Å². The summed E-state index contributed by atoms with van der Waals surface area (Å²) >= 11 is 0. The standard InChI is InChI=1S/C18H27N3O4S/c1-15(18(22)20-9-3-4-10-20)19-11-13-21(14-12-19)26(23,24)17-7-5-16(25-2)6-8-17/h5-8,15H,3-4,9-14H2,1-2H3/t15-/m1/s1.